The Balaban J connectivity index is 5.16. The van der Waals surface area contributed by atoms with Crippen molar-refractivity contribution in [3.05, 3.63) is 0 Å². The van der Waals surface area contributed by atoms with Crippen LogP contribution in [-0.2, 0) is 65.4 Å². The van der Waals surface area contributed by atoms with E-state index in [-0.39, 0.29) is 25.7 Å². The van der Waals surface area contributed by atoms with Gasteiger partial charge >= 0.3 is 39.5 Å². The molecule has 3 unspecified atom stereocenters. The molecule has 6 atom stereocenters. The number of phosphoric ester groups is 2. The zero-order valence-electron chi connectivity index (χ0n) is 68.3. The highest BCUT2D eigenvalue weighted by molar-refractivity contribution is 7.47. The number of aliphatic hydroxyl groups excluding tert-OH is 1. The largest absolute Gasteiger partial charge is 0.472 e. The lowest BCUT2D eigenvalue weighted by molar-refractivity contribution is -0.161. The van der Waals surface area contributed by atoms with Crippen molar-refractivity contribution in [3.63, 3.8) is 0 Å². The number of unbranched alkanes of at least 4 members (excludes halogenated alkanes) is 53. The van der Waals surface area contributed by atoms with Crippen molar-refractivity contribution in [2.45, 2.75) is 471 Å². The zero-order valence-corrected chi connectivity index (χ0v) is 70.1. The molecule has 3 N–H and O–H groups in total. The number of carbonyl (C=O) groups is 4. The molecule has 0 aliphatic rings. The molecule has 0 aromatic carbocycles. The second-order valence-electron chi connectivity index (χ2n) is 31.3. The average molecular weight is 1520 g/mol. The lowest BCUT2D eigenvalue weighted by Crippen LogP contribution is -2.30. The second kappa shape index (κ2) is 76.4. The fraction of sp³-hybridized carbons (Fsp3) is 0.953. The third-order valence-electron chi connectivity index (χ3n) is 20.3. The third-order valence-corrected chi connectivity index (χ3v) is 22.2. The Morgan fingerprint density at radius 3 is 0.731 bits per heavy atom. The first-order valence-corrected chi connectivity index (χ1v) is 47.0. The highest BCUT2D eigenvalue weighted by Crippen LogP contribution is 2.45. The molecule has 618 valence electrons. The molecule has 0 bridgehead atoms. The van der Waals surface area contributed by atoms with Crippen LogP contribution in [-0.4, -0.2) is 96.7 Å². The Morgan fingerprint density at radius 1 is 0.279 bits per heavy atom. The fourth-order valence-electron chi connectivity index (χ4n) is 13.2. The summed E-state index contributed by atoms with van der Waals surface area (Å²) in [4.78, 5) is 73.0. The first-order valence-electron chi connectivity index (χ1n) is 44.0. The van der Waals surface area contributed by atoms with E-state index in [1.165, 1.54) is 270 Å². The number of hydrogen-bond acceptors (Lipinski definition) is 15. The van der Waals surface area contributed by atoms with Crippen LogP contribution in [0.5, 0.6) is 0 Å². The Morgan fingerprint density at radius 2 is 0.490 bits per heavy atom. The fourth-order valence-corrected chi connectivity index (χ4v) is 14.8. The van der Waals surface area contributed by atoms with Gasteiger partial charge in [0.25, 0.3) is 0 Å². The number of aliphatic hydroxyl groups is 1. The lowest BCUT2D eigenvalue weighted by Gasteiger charge is -2.21. The van der Waals surface area contributed by atoms with E-state index >= 15 is 0 Å². The molecule has 0 spiro atoms. The minimum Gasteiger partial charge on any atom is -0.462 e. The van der Waals surface area contributed by atoms with Gasteiger partial charge in [-0.1, -0.05) is 401 Å². The highest BCUT2D eigenvalue weighted by Gasteiger charge is 2.30. The summed E-state index contributed by atoms with van der Waals surface area (Å²) in [6.07, 6.45) is 68.4. The molecule has 0 aliphatic carbocycles. The van der Waals surface area contributed by atoms with Gasteiger partial charge in [0.05, 0.1) is 26.4 Å². The van der Waals surface area contributed by atoms with Gasteiger partial charge in [0.15, 0.2) is 12.2 Å². The van der Waals surface area contributed by atoms with E-state index in [0.717, 1.165) is 95.8 Å². The minimum atomic E-state index is -4.96. The lowest BCUT2D eigenvalue weighted by atomic mass is 9.99. The molecule has 0 saturated heterocycles. The van der Waals surface area contributed by atoms with E-state index in [1.807, 2.05) is 0 Å². The zero-order chi connectivity index (χ0) is 76.4. The van der Waals surface area contributed by atoms with Gasteiger partial charge in [0.1, 0.15) is 19.3 Å². The molecule has 17 nitrogen and oxygen atoms in total. The maximum absolute atomic E-state index is 13.1. The summed E-state index contributed by atoms with van der Waals surface area (Å²) in [5.74, 6) is -0.542. The van der Waals surface area contributed by atoms with Crippen LogP contribution in [0.3, 0.4) is 0 Å². The summed E-state index contributed by atoms with van der Waals surface area (Å²) in [7, 11) is -9.92. The summed E-state index contributed by atoms with van der Waals surface area (Å²) in [6.45, 7) is 9.64. The number of ether oxygens (including phenoxy) is 4. The van der Waals surface area contributed by atoms with Crippen LogP contribution in [0.4, 0.5) is 0 Å². The van der Waals surface area contributed by atoms with E-state index in [9.17, 15) is 43.2 Å². The number of phosphoric acid groups is 2. The SMILES string of the molecule is CCCCCCCCCCCCCCCCCCCCCCCCC(=O)OC[C@H](COP(=O)(O)OC[C@@H](O)COP(=O)(O)OC[C@@H](COC(=O)CCCCCCCCCCCC)OC(=O)CCCCCCCCCC(C)C)OC(=O)CCCCCCCCCCCCCCCCCCCCC(C)CC. The van der Waals surface area contributed by atoms with E-state index in [0.29, 0.717) is 31.6 Å². The molecular formula is C85H166O17P2. The van der Waals surface area contributed by atoms with Crippen LogP contribution in [0.15, 0.2) is 0 Å². The van der Waals surface area contributed by atoms with E-state index in [4.69, 9.17) is 37.0 Å². The molecule has 0 radical (unpaired) electrons. The number of esters is 4. The first-order chi connectivity index (χ1) is 50.4. The van der Waals surface area contributed by atoms with Crippen LogP contribution >= 0.6 is 15.6 Å². The van der Waals surface area contributed by atoms with Crippen molar-refractivity contribution in [2.24, 2.45) is 11.8 Å². The van der Waals surface area contributed by atoms with Crippen molar-refractivity contribution in [2.75, 3.05) is 39.6 Å². The molecule has 0 heterocycles. The van der Waals surface area contributed by atoms with Crippen molar-refractivity contribution >= 4 is 39.5 Å². The summed E-state index contributed by atoms with van der Waals surface area (Å²) < 4.78 is 68.7. The quantitative estimate of drug-likeness (QED) is 0.0222. The molecular weight excluding hydrogens is 1350 g/mol. The van der Waals surface area contributed by atoms with Crippen LogP contribution in [0.25, 0.3) is 0 Å². The van der Waals surface area contributed by atoms with Crippen LogP contribution in [0, 0.1) is 11.8 Å². The molecule has 0 amide bonds. The molecule has 0 rings (SSSR count). The van der Waals surface area contributed by atoms with Gasteiger partial charge in [-0.15, -0.1) is 0 Å². The van der Waals surface area contributed by atoms with E-state index < -0.39 is 97.5 Å². The Bertz CT molecular complexity index is 2000. The second-order valence-corrected chi connectivity index (χ2v) is 34.2. The summed E-state index contributed by atoms with van der Waals surface area (Å²) in [5.41, 5.74) is 0. The predicted octanol–water partition coefficient (Wildman–Crippen LogP) is 25.8. The molecule has 0 aromatic rings. The standard InChI is InChI=1S/C85H166O17P2/c1-7-10-12-14-16-18-20-21-22-23-24-25-26-27-31-34-37-40-44-50-56-62-68-83(88)96-73-80(101-84(89)69-63-57-51-45-41-38-35-32-29-28-30-33-36-39-42-48-54-60-66-78(6)9-3)75-99-103(91,92)97-71-79(86)72-98-104(93,94)100-76-81(102-85(90)70-64-58-52-46-47-53-59-65-77(4)5)74-95-82(87)67-61-55-49-43-19-17-15-13-11-8-2/h77-81,86H,7-76H2,1-6H3,(H,91,92)(H,93,94)/t78?,79-,80-,81-/m1/s1. The summed E-state index contributed by atoms with van der Waals surface area (Å²) >= 11 is 0. The Kier molecular flexibility index (Phi) is 75.0. The van der Waals surface area contributed by atoms with Crippen LogP contribution in [0.1, 0.15) is 452 Å². The van der Waals surface area contributed by atoms with Crippen molar-refractivity contribution < 1.29 is 80.2 Å². The first kappa shape index (κ1) is 102. The maximum atomic E-state index is 13.1. The molecule has 0 saturated carbocycles. The highest BCUT2D eigenvalue weighted by atomic mass is 31.2. The smallest absolute Gasteiger partial charge is 0.462 e. The molecule has 104 heavy (non-hydrogen) atoms. The van der Waals surface area contributed by atoms with Gasteiger partial charge < -0.3 is 33.8 Å². The van der Waals surface area contributed by atoms with Crippen LogP contribution < -0.4 is 0 Å². The number of carbonyl (C=O) groups excluding carboxylic acids is 4. The summed E-state index contributed by atoms with van der Waals surface area (Å²) in [6, 6.07) is 0. The van der Waals surface area contributed by atoms with Crippen molar-refractivity contribution in [1.29, 1.82) is 0 Å². The average Bonchev–Trinajstić information content (AvgIpc) is 0.909. The molecule has 0 fully saturated rings. The number of hydrogen-bond donors (Lipinski definition) is 3. The topological polar surface area (TPSA) is 237 Å². The van der Waals surface area contributed by atoms with Gasteiger partial charge in [0, 0.05) is 25.7 Å². The Hall–Kier alpha value is -1.94. The van der Waals surface area contributed by atoms with Gasteiger partial charge in [0.2, 0.25) is 0 Å². The maximum Gasteiger partial charge on any atom is 0.472 e. The van der Waals surface area contributed by atoms with Crippen molar-refractivity contribution in [3.8, 4) is 0 Å². The molecule has 0 aliphatic heterocycles. The third kappa shape index (κ3) is 76.8. The van der Waals surface area contributed by atoms with Gasteiger partial charge in [-0.2, -0.15) is 0 Å². The minimum absolute atomic E-state index is 0.104. The molecule has 0 aromatic heterocycles. The van der Waals surface area contributed by atoms with Gasteiger partial charge in [-0.25, -0.2) is 9.13 Å². The Labute approximate surface area is 638 Å². The normalized spacial score (nSPS) is 14.1. The van der Waals surface area contributed by atoms with Gasteiger partial charge in [-0.3, -0.25) is 37.3 Å². The van der Waals surface area contributed by atoms with Gasteiger partial charge in [-0.05, 0) is 37.5 Å². The monoisotopic (exact) mass is 1520 g/mol. The van der Waals surface area contributed by atoms with E-state index in [1.54, 1.807) is 0 Å². The molecule has 19 heteroatoms. The van der Waals surface area contributed by atoms with Crippen molar-refractivity contribution in [1.82, 2.24) is 0 Å². The van der Waals surface area contributed by atoms with Crippen LogP contribution in [0.2, 0.25) is 0 Å². The van der Waals surface area contributed by atoms with E-state index in [2.05, 4.69) is 41.5 Å². The predicted molar refractivity (Wildman–Crippen MR) is 428 cm³/mol. The number of rotatable bonds is 84. The summed E-state index contributed by atoms with van der Waals surface area (Å²) in [5, 5.41) is 10.6.